The fourth-order valence-electron chi connectivity index (χ4n) is 3.45. The SMILES string of the molecule is O=C(NC1CCCCCCC1)C1(c2ccccc2)CC1. The van der Waals surface area contributed by atoms with E-state index in [0.717, 1.165) is 25.7 Å². The lowest BCUT2D eigenvalue weighted by Crippen LogP contribution is -2.41. The summed E-state index contributed by atoms with van der Waals surface area (Å²) in [4.78, 5) is 12.7. The van der Waals surface area contributed by atoms with Gasteiger partial charge in [-0.1, -0.05) is 62.4 Å². The number of nitrogens with one attached hydrogen (secondary N) is 1. The van der Waals surface area contributed by atoms with Crippen LogP contribution in [0.5, 0.6) is 0 Å². The Balaban J connectivity index is 1.64. The molecule has 0 unspecified atom stereocenters. The summed E-state index contributed by atoms with van der Waals surface area (Å²) in [6.07, 6.45) is 10.9. The van der Waals surface area contributed by atoms with E-state index in [4.69, 9.17) is 0 Å². The lowest BCUT2D eigenvalue weighted by Gasteiger charge is -2.24. The molecule has 108 valence electrons. The summed E-state index contributed by atoms with van der Waals surface area (Å²) < 4.78 is 0. The van der Waals surface area contributed by atoms with Crippen LogP contribution in [-0.2, 0) is 10.2 Å². The van der Waals surface area contributed by atoms with Crippen molar-refractivity contribution < 1.29 is 4.79 Å². The van der Waals surface area contributed by atoms with Crippen LogP contribution in [-0.4, -0.2) is 11.9 Å². The van der Waals surface area contributed by atoms with E-state index in [2.05, 4.69) is 17.4 Å². The number of carbonyl (C=O) groups excluding carboxylic acids is 1. The van der Waals surface area contributed by atoms with Gasteiger partial charge in [0.1, 0.15) is 0 Å². The number of rotatable bonds is 3. The van der Waals surface area contributed by atoms with Crippen molar-refractivity contribution in [2.75, 3.05) is 0 Å². The molecule has 1 N–H and O–H groups in total. The van der Waals surface area contributed by atoms with Crippen LogP contribution in [0.1, 0.15) is 63.4 Å². The first-order valence-electron chi connectivity index (χ1n) is 8.18. The maximum absolute atomic E-state index is 12.7. The van der Waals surface area contributed by atoms with Crippen molar-refractivity contribution in [1.29, 1.82) is 0 Å². The Morgan fingerprint density at radius 1 is 0.950 bits per heavy atom. The van der Waals surface area contributed by atoms with Crippen LogP contribution in [0.25, 0.3) is 0 Å². The predicted molar refractivity (Wildman–Crippen MR) is 81.6 cm³/mol. The molecule has 2 fully saturated rings. The fraction of sp³-hybridized carbons (Fsp3) is 0.611. The van der Waals surface area contributed by atoms with E-state index in [1.54, 1.807) is 0 Å². The van der Waals surface area contributed by atoms with Gasteiger partial charge in [-0.25, -0.2) is 0 Å². The molecule has 0 aromatic heterocycles. The van der Waals surface area contributed by atoms with Gasteiger partial charge in [0.2, 0.25) is 5.91 Å². The van der Waals surface area contributed by atoms with Gasteiger partial charge in [0.05, 0.1) is 5.41 Å². The van der Waals surface area contributed by atoms with Gasteiger partial charge in [-0.05, 0) is 31.2 Å². The Hall–Kier alpha value is -1.31. The molecule has 0 bridgehead atoms. The first-order chi connectivity index (χ1) is 9.81. The smallest absolute Gasteiger partial charge is 0.230 e. The minimum absolute atomic E-state index is 0.205. The first-order valence-corrected chi connectivity index (χ1v) is 8.18. The highest BCUT2D eigenvalue weighted by Crippen LogP contribution is 2.48. The Morgan fingerprint density at radius 3 is 2.15 bits per heavy atom. The van der Waals surface area contributed by atoms with Crippen molar-refractivity contribution in [3.63, 3.8) is 0 Å². The third-order valence-electron chi connectivity index (χ3n) is 4.95. The Morgan fingerprint density at radius 2 is 1.55 bits per heavy atom. The molecule has 1 aromatic rings. The largest absolute Gasteiger partial charge is 0.353 e. The average Bonchev–Trinajstić information content (AvgIpc) is 3.24. The summed E-state index contributed by atoms with van der Waals surface area (Å²) in [5, 5.41) is 3.35. The summed E-state index contributed by atoms with van der Waals surface area (Å²) in [5.41, 5.74) is 0.993. The fourth-order valence-corrected chi connectivity index (χ4v) is 3.45. The van der Waals surface area contributed by atoms with Gasteiger partial charge in [0.15, 0.2) is 0 Å². The van der Waals surface area contributed by atoms with Crippen LogP contribution in [0.2, 0.25) is 0 Å². The Labute approximate surface area is 122 Å². The predicted octanol–water partition coefficient (Wildman–Crippen LogP) is 3.95. The minimum atomic E-state index is -0.205. The molecular weight excluding hydrogens is 246 g/mol. The highest BCUT2D eigenvalue weighted by Gasteiger charge is 2.51. The van der Waals surface area contributed by atoms with Crippen LogP contribution >= 0.6 is 0 Å². The molecule has 2 aliphatic rings. The second kappa shape index (κ2) is 5.99. The van der Waals surface area contributed by atoms with Crippen molar-refractivity contribution in [3.8, 4) is 0 Å². The lowest BCUT2D eigenvalue weighted by atomic mass is 9.92. The molecule has 2 saturated carbocycles. The molecule has 1 aromatic carbocycles. The van der Waals surface area contributed by atoms with E-state index >= 15 is 0 Å². The van der Waals surface area contributed by atoms with E-state index < -0.39 is 0 Å². The van der Waals surface area contributed by atoms with E-state index in [0.29, 0.717) is 6.04 Å². The van der Waals surface area contributed by atoms with Crippen molar-refractivity contribution in [3.05, 3.63) is 35.9 Å². The van der Waals surface area contributed by atoms with E-state index in [1.165, 1.54) is 37.7 Å². The van der Waals surface area contributed by atoms with Gasteiger partial charge in [-0.2, -0.15) is 0 Å². The quantitative estimate of drug-likeness (QED) is 0.886. The number of amides is 1. The third kappa shape index (κ3) is 2.89. The molecule has 0 saturated heterocycles. The van der Waals surface area contributed by atoms with Crippen LogP contribution < -0.4 is 5.32 Å². The van der Waals surface area contributed by atoms with Gasteiger partial charge in [-0.3, -0.25) is 4.79 Å². The first kappa shape index (κ1) is 13.7. The number of hydrogen-bond donors (Lipinski definition) is 1. The second-order valence-electron chi connectivity index (χ2n) is 6.46. The topological polar surface area (TPSA) is 29.1 Å². The molecule has 0 heterocycles. The molecule has 0 aliphatic heterocycles. The highest BCUT2D eigenvalue weighted by atomic mass is 16.2. The van der Waals surface area contributed by atoms with Crippen LogP contribution in [0.3, 0.4) is 0 Å². The molecule has 2 aliphatic carbocycles. The van der Waals surface area contributed by atoms with Gasteiger partial charge in [-0.15, -0.1) is 0 Å². The molecule has 0 atom stereocenters. The summed E-state index contributed by atoms with van der Waals surface area (Å²) in [5.74, 6) is 0.272. The van der Waals surface area contributed by atoms with Gasteiger partial charge in [0.25, 0.3) is 0 Å². The zero-order valence-electron chi connectivity index (χ0n) is 12.2. The van der Waals surface area contributed by atoms with Crippen LogP contribution in [0.15, 0.2) is 30.3 Å². The van der Waals surface area contributed by atoms with Crippen molar-refractivity contribution in [1.82, 2.24) is 5.32 Å². The van der Waals surface area contributed by atoms with E-state index in [1.807, 2.05) is 18.2 Å². The van der Waals surface area contributed by atoms with Crippen LogP contribution in [0, 0.1) is 0 Å². The lowest BCUT2D eigenvalue weighted by molar-refractivity contribution is -0.124. The summed E-state index contributed by atoms with van der Waals surface area (Å²) in [6, 6.07) is 10.7. The molecule has 0 radical (unpaired) electrons. The normalized spacial score (nSPS) is 22.6. The second-order valence-corrected chi connectivity index (χ2v) is 6.46. The monoisotopic (exact) mass is 271 g/mol. The Bertz CT molecular complexity index is 442. The van der Waals surface area contributed by atoms with Gasteiger partial charge >= 0.3 is 0 Å². The molecule has 3 rings (SSSR count). The van der Waals surface area contributed by atoms with Crippen molar-refractivity contribution in [2.24, 2.45) is 0 Å². The standard InChI is InChI=1S/C18H25NO/c20-17(19-16-11-7-2-1-3-8-12-16)18(13-14-18)15-9-5-4-6-10-15/h4-6,9-10,16H,1-3,7-8,11-14H2,(H,19,20). The van der Waals surface area contributed by atoms with E-state index in [9.17, 15) is 4.79 Å². The molecule has 2 heteroatoms. The molecule has 2 nitrogen and oxygen atoms in total. The zero-order valence-corrected chi connectivity index (χ0v) is 12.2. The van der Waals surface area contributed by atoms with Crippen LogP contribution in [0.4, 0.5) is 0 Å². The van der Waals surface area contributed by atoms with Gasteiger partial charge in [0, 0.05) is 6.04 Å². The number of benzene rings is 1. The van der Waals surface area contributed by atoms with Gasteiger partial charge < -0.3 is 5.32 Å². The molecule has 20 heavy (non-hydrogen) atoms. The maximum Gasteiger partial charge on any atom is 0.230 e. The Kier molecular flexibility index (Phi) is 4.09. The maximum atomic E-state index is 12.7. The molecular formula is C18H25NO. The molecule has 0 spiro atoms. The third-order valence-corrected chi connectivity index (χ3v) is 4.95. The van der Waals surface area contributed by atoms with Crippen molar-refractivity contribution >= 4 is 5.91 Å². The zero-order chi connectivity index (χ0) is 13.8. The number of hydrogen-bond acceptors (Lipinski definition) is 1. The summed E-state index contributed by atoms with van der Waals surface area (Å²) in [7, 11) is 0. The minimum Gasteiger partial charge on any atom is -0.353 e. The molecule has 1 amide bonds. The summed E-state index contributed by atoms with van der Waals surface area (Å²) >= 11 is 0. The van der Waals surface area contributed by atoms with E-state index in [-0.39, 0.29) is 11.3 Å². The summed E-state index contributed by atoms with van der Waals surface area (Å²) in [6.45, 7) is 0. The number of carbonyl (C=O) groups is 1. The average molecular weight is 271 g/mol. The highest BCUT2D eigenvalue weighted by molar-refractivity contribution is 5.91. The van der Waals surface area contributed by atoms with Crippen molar-refractivity contribution in [2.45, 2.75) is 69.2 Å².